The Kier molecular flexibility index (Phi) is 5.85. The van der Waals surface area contributed by atoms with Crippen LogP contribution in [0.2, 0.25) is 0 Å². The molecular formula is C15H27N3O3. The van der Waals surface area contributed by atoms with E-state index in [1.165, 1.54) is 12.8 Å². The molecule has 0 aliphatic carbocycles. The first-order valence-electron chi connectivity index (χ1n) is 8.01. The van der Waals surface area contributed by atoms with Crippen molar-refractivity contribution >= 4 is 12.0 Å². The summed E-state index contributed by atoms with van der Waals surface area (Å²) in [6, 6.07) is 0.395. The minimum absolute atomic E-state index is 0.0379. The molecule has 2 fully saturated rings. The van der Waals surface area contributed by atoms with Gasteiger partial charge in [0.25, 0.3) is 0 Å². The zero-order valence-electron chi connectivity index (χ0n) is 12.9. The van der Waals surface area contributed by atoms with Gasteiger partial charge in [0.2, 0.25) is 0 Å². The first-order valence-corrected chi connectivity index (χ1v) is 8.01. The third kappa shape index (κ3) is 4.88. The summed E-state index contributed by atoms with van der Waals surface area (Å²) in [5.74, 6) is -0.676. The molecule has 0 aromatic carbocycles. The normalized spacial score (nSPS) is 27.4. The van der Waals surface area contributed by atoms with Crippen molar-refractivity contribution in [1.29, 1.82) is 0 Å². The topological polar surface area (TPSA) is 72.9 Å². The van der Waals surface area contributed by atoms with Crippen LogP contribution in [0, 0.1) is 5.92 Å². The molecule has 6 nitrogen and oxygen atoms in total. The predicted molar refractivity (Wildman–Crippen MR) is 80.2 cm³/mol. The van der Waals surface area contributed by atoms with Crippen LogP contribution in [0.3, 0.4) is 0 Å². The van der Waals surface area contributed by atoms with E-state index in [4.69, 9.17) is 5.11 Å². The number of nitrogens with zero attached hydrogens (tertiary/aromatic N) is 2. The van der Waals surface area contributed by atoms with E-state index in [2.05, 4.69) is 17.3 Å². The molecule has 21 heavy (non-hydrogen) atoms. The highest BCUT2D eigenvalue weighted by atomic mass is 16.4. The maximum Gasteiger partial charge on any atom is 0.317 e. The number of hydrogen-bond donors (Lipinski definition) is 2. The first-order chi connectivity index (χ1) is 10.1. The van der Waals surface area contributed by atoms with E-state index >= 15 is 0 Å². The standard InChI is InChI=1S/C15H27N3O3/c1-17-7-3-2-6-13(17)10-16-15(21)18-8-4-5-12(11-18)9-14(19)20/h12-13H,2-11H2,1H3,(H,16,21)(H,19,20). The van der Waals surface area contributed by atoms with Gasteiger partial charge in [-0.15, -0.1) is 0 Å². The minimum atomic E-state index is -0.772. The van der Waals surface area contributed by atoms with Crippen molar-refractivity contribution in [2.24, 2.45) is 5.92 Å². The molecule has 2 N–H and O–H groups in total. The van der Waals surface area contributed by atoms with Gasteiger partial charge < -0.3 is 20.2 Å². The number of likely N-dealkylation sites (N-methyl/N-ethyl adjacent to an activating group) is 1. The lowest BCUT2D eigenvalue weighted by Crippen LogP contribution is -2.50. The summed E-state index contributed by atoms with van der Waals surface area (Å²) in [5, 5.41) is 11.9. The van der Waals surface area contributed by atoms with Crippen LogP contribution in [0.4, 0.5) is 4.79 Å². The zero-order valence-corrected chi connectivity index (χ0v) is 12.9. The second kappa shape index (κ2) is 7.64. The van der Waals surface area contributed by atoms with Gasteiger partial charge in [-0.3, -0.25) is 4.79 Å². The van der Waals surface area contributed by atoms with Gasteiger partial charge >= 0.3 is 12.0 Å². The molecule has 2 atom stereocenters. The summed E-state index contributed by atoms with van der Waals surface area (Å²) >= 11 is 0. The van der Waals surface area contributed by atoms with Crippen molar-refractivity contribution < 1.29 is 14.7 Å². The summed E-state index contributed by atoms with van der Waals surface area (Å²) in [6.45, 7) is 3.10. The van der Waals surface area contributed by atoms with E-state index in [0.717, 1.165) is 32.4 Å². The number of piperidine rings is 2. The lowest BCUT2D eigenvalue weighted by atomic mass is 9.95. The largest absolute Gasteiger partial charge is 0.481 e. The van der Waals surface area contributed by atoms with Gasteiger partial charge in [0.1, 0.15) is 0 Å². The van der Waals surface area contributed by atoms with E-state index in [-0.39, 0.29) is 18.4 Å². The van der Waals surface area contributed by atoms with Crippen molar-refractivity contribution in [3.8, 4) is 0 Å². The molecular weight excluding hydrogens is 270 g/mol. The maximum atomic E-state index is 12.2. The van der Waals surface area contributed by atoms with Gasteiger partial charge in [-0.05, 0) is 45.2 Å². The molecule has 0 spiro atoms. The molecule has 2 amide bonds. The molecule has 2 unspecified atom stereocenters. The summed E-state index contributed by atoms with van der Waals surface area (Å²) in [4.78, 5) is 27.1. The van der Waals surface area contributed by atoms with E-state index in [0.29, 0.717) is 19.1 Å². The molecule has 2 rings (SSSR count). The van der Waals surface area contributed by atoms with Gasteiger partial charge in [-0.2, -0.15) is 0 Å². The Labute approximate surface area is 126 Å². The summed E-state index contributed by atoms with van der Waals surface area (Å²) < 4.78 is 0. The molecule has 0 radical (unpaired) electrons. The Hall–Kier alpha value is -1.30. The Morgan fingerprint density at radius 3 is 2.71 bits per heavy atom. The molecule has 0 bridgehead atoms. The van der Waals surface area contributed by atoms with Crippen LogP contribution in [0.15, 0.2) is 0 Å². The number of carboxylic acid groups (broad SMARTS) is 1. The highest BCUT2D eigenvalue weighted by molar-refractivity contribution is 5.74. The van der Waals surface area contributed by atoms with Gasteiger partial charge in [-0.1, -0.05) is 6.42 Å². The highest BCUT2D eigenvalue weighted by Crippen LogP contribution is 2.20. The van der Waals surface area contributed by atoms with Crippen LogP contribution in [-0.2, 0) is 4.79 Å². The monoisotopic (exact) mass is 297 g/mol. The number of nitrogens with one attached hydrogen (secondary N) is 1. The molecule has 2 aliphatic rings. The Morgan fingerprint density at radius 2 is 2.00 bits per heavy atom. The lowest BCUT2D eigenvalue weighted by molar-refractivity contribution is -0.138. The lowest BCUT2D eigenvalue weighted by Gasteiger charge is -2.35. The number of aliphatic carboxylic acids is 1. The zero-order chi connectivity index (χ0) is 15.2. The molecule has 2 aliphatic heterocycles. The van der Waals surface area contributed by atoms with Crippen molar-refractivity contribution in [3.05, 3.63) is 0 Å². The van der Waals surface area contributed by atoms with Crippen LogP contribution in [0.1, 0.15) is 38.5 Å². The van der Waals surface area contributed by atoms with E-state index in [9.17, 15) is 9.59 Å². The average Bonchev–Trinajstić information content (AvgIpc) is 2.45. The number of urea groups is 1. The fraction of sp³-hybridized carbons (Fsp3) is 0.867. The van der Waals surface area contributed by atoms with Gasteiger partial charge in [0.05, 0.1) is 0 Å². The second-order valence-corrected chi connectivity index (χ2v) is 6.37. The molecule has 0 saturated carbocycles. The molecule has 2 saturated heterocycles. The third-order valence-electron chi connectivity index (χ3n) is 4.68. The van der Waals surface area contributed by atoms with Crippen molar-refractivity contribution in [2.75, 3.05) is 33.2 Å². The summed E-state index contributed by atoms with van der Waals surface area (Å²) in [5.41, 5.74) is 0. The molecule has 0 aromatic heterocycles. The fourth-order valence-electron chi connectivity index (χ4n) is 3.38. The Morgan fingerprint density at radius 1 is 1.19 bits per heavy atom. The molecule has 2 heterocycles. The smallest absolute Gasteiger partial charge is 0.317 e. The summed E-state index contributed by atoms with van der Waals surface area (Å²) in [7, 11) is 2.11. The summed E-state index contributed by atoms with van der Waals surface area (Å²) in [6.07, 6.45) is 5.57. The maximum absolute atomic E-state index is 12.2. The van der Waals surface area contributed by atoms with Gasteiger partial charge in [-0.25, -0.2) is 4.79 Å². The first kappa shape index (κ1) is 16.1. The van der Waals surface area contributed by atoms with Crippen molar-refractivity contribution in [2.45, 2.75) is 44.6 Å². The van der Waals surface area contributed by atoms with E-state index in [1.807, 2.05) is 0 Å². The Balaban J connectivity index is 1.75. The third-order valence-corrected chi connectivity index (χ3v) is 4.68. The average molecular weight is 297 g/mol. The minimum Gasteiger partial charge on any atom is -0.481 e. The highest BCUT2D eigenvalue weighted by Gasteiger charge is 2.26. The molecule has 0 aromatic rings. The number of amides is 2. The number of hydrogen-bond acceptors (Lipinski definition) is 3. The fourth-order valence-corrected chi connectivity index (χ4v) is 3.38. The van der Waals surface area contributed by atoms with E-state index in [1.54, 1.807) is 4.90 Å². The Bertz CT molecular complexity index is 375. The van der Waals surface area contributed by atoms with Crippen LogP contribution < -0.4 is 5.32 Å². The number of rotatable bonds is 4. The van der Waals surface area contributed by atoms with Crippen molar-refractivity contribution in [3.63, 3.8) is 0 Å². The quantitative estimate of drug-likeness (QED) is 0.822. The van der Waals surface area contributed by atoms with Gasteiger partial charge in [0, 0.05) is 32.1 Å². The molecule has 6 heteroatoms. The number of carboxylic acids is 1. The van der Waals surface area contributed by atoms with Gasteiger partial charge in [0.15, 0.2) is 0 Å². The number of carbonyl (C=O) groups excluding carboxylic acids is 1. The van der Waals surface area contributed by atoms with Crippen LogP contribution in [-0.4, -0.2) is 66.2 Å². The molecule has 120 valence electrons. The SMILES string of the molecule is CN1CCCCC1CNC(=O)N1CCCC(CC(=O)O)C1. The van der Waals surface area contributed by atoms with Crippen LogP contribution in [0.5, 0.6) is 0 Å². The van der Waals surface area contributed by atoms with Crippen LogP contribution >= 0.6 is 0 Å². The van der Waals surface area contributed by atoms with Crippen LogP contribution in [0.25, 0.3) is 0 Å². The van der Waals surface area contributed by atoms with E-state index < -0.39 is 5.97 Å². The number of likely N-dealkylation sites (tertiary alicyclic amines) is 2. The second-order valence-electron chi connectivity index (χ2n) is 6.37. The predicted octanol–water partition coefficient (Wildman–Crippen LogP) is 1.37. The number of carbonyl (C=O) groups is 2. The van der Waals surface area contributed by atoms with Crippen molar-refractivity contribution in [1.82, 2.24) is 15.1 Å².